The van der Waals surface area contributed by atoms with Crippen molar-refractivity contribution in [2.24, 2.45) is 5.92 Å². The second-order valence-corrected chi connectivity index (χ2v) is 6.15. The maximum atomic E-state index is 3.73. The molecule has 2 heteroatoms. The predicted octanol–water partition coefficient (Wildman–Crippen LogP) is 3.80. The molecular formula is C8H18BrP. The van der Waals surface area contributed by atoms with Crippen molar-refractivity contribution in [1.82, 2.24) is 0 Å². The highest BCUT2D eigenvalue weighted by atomic mass is 79.9. The van der Waals surface area contributed by atoms with E-state index in [1.165, 1.54) is 19.3 Å². The summed E-state index contributed by atoms with van der Waals surface area (Å²) in [5.41, 5.74) is 0. The molecule has 0 saturated carbocycles. The minimum Gasteiger partial charge on any atom is -0.119 e. The summed E-state index contributed by atoms with van der Waals surface area (Å²) in [6, 6.07) is 0. The molecule has 0 aromatic carbocycles. The normalized spacial score (nSPS) is 17.4. The van der Waals surface area contributed by atoms with E-state index in [0.717, 1.165) is 5.92 Å². The highest BCUT2D eigenvalue weighted by Crippen LogP contribution is 2.41. The van der Waals surface area contributed by atoms with Crippen LogP contribution >= 0.6 is 25.2 Å². The summed E-state index contributed by atoms with van der Waals surface area (Å²) in [4.78, 5) is 0. The Kier molecular flexibility index (Phi) is 5.15. The Bertz CT molecular complexity index is 87.3. The van der Waals surface area contributed by atoms with Crippen molar-refractivity contribution in [3.05, 3.63) is 0 Å². The molecule has 0 aromatic rings. The smallest absolute Gasteiger partial charge is 0.0423 e. The first-order valence-corrected chi connectivity index (χ1v) is 5.43. The largest absolute Gasteiger partial charge is 0.119 e. The van der Waals surface area contributed by atoms with E-state index in [2.05, 4.69) is 45.9 Å². The molecule has 0 saturated heterocycles. The summed E-state index contributed by atoms with van der Waals surface area (Å²) in [7, 11) is 2.91. The van der Waals surface area contributed by atoms with Gasteiger partial charge >= 0.3 is 0 Å². The molecule has 0 aliphatic rings. The molecule has 0 N–H and O–H groups in total. The first-order valence-electron chi connectivity index (χ1n) is 4.06. The van der Waals surface area contributed by atoms with Crippen LogP contribution in [0.4, 0.5) is 0 Å². The van der Waals surface area contributed by atoms with Crippen LogP contribution in [-0.4, -0.2) is 4.07 Å². The quantitative estimate of drug-likeness (QED) is 0.504. The summed E-state index contributed by atoms with van der Waals surface area (Å²) in [5.74, 6) is 0.794. The van der Waals surface area contributed by atoms with E-state index in [1.807, 2.05) is 0 Å². The summed E-state index contributed by atoms with van der Waals surface area (Å²) in [6.07, 6.45) is 3.71. The van der Waals surface area contributed by atoms with Gasteiger partial charge in [-0.05, 0) is 12.3 Å². The fraction of sp³-hybridized carbons (Fsp3) is 1.00. The Morgan fingerprint density at radius 3 is 1.80 bits per heavy atom. The zero-order valence-corrected chi connectivity index (χ0v) is 9.89. The van der Waals surface area contributed by atoms with Crippen molar-refractivity contribution < 1.29 is 0 Å². The maximum Gasteiger partial charge on any atom is 0.0423 e. The topological polar surface area (TPSA) is 0 Å². The molecule has 0 spiro atoms. The van der Waals surface area contributed by atoms with Gasteiger partial charge in [-0.15, -0.1) is 9.24 Å². The van der Waals surface area contributed by atoms with Crippen LogP contribution in [0.3, 0.4) is 0 Å². The summed E-state index contributed by atoms with van der Waals surface area (Å²) in [6.45, 7) is 6.73. The molecule has 0 radical (unpaired) electrons. The van der Waals surface area contributed by atoms with E-state index in [-0.39, 0.29) is 4.07 Å². The van der Waals surface area contributed by atoms with Crippen LogP contribution in [0.1, 0.15) is 40.0 Å². The molecule has 0 heterocycles. The Labute approximate surface area is 75.5 Å². The van der Waals surface area contributed by atoms with Gasteiger partial charge in [-0.2, -0.15) is 0 Å². The second-order valence-electron chi connectivity index (χ2n) is 2.79. The molecule has 0 fully saturated rings. The van der Waals surface area contributed by atoms with Gasteiger partial charge in [0.25, 0.3) is 0 Å². The van der Waals surface area contributed by atoms with Crippen molar-refractivity contribution in [2.75, 3.05) is 0 Å². The summed E-state index contributed by atoms with van der Waals surface area (Å²) < 4.78 is 0.288. The van der Waals surface area contributed by atoms with Crippen molar-refractivity contribution in [3.63, 3.8) is 0 Å². The van der Waals surface area contributed by atoms with Crippen LogP contribution in [-0.2, 0) is 0 Å². The van der Waals surface area contributed by atoms with Crippen molar-refractivity contribution in [3.8, 4) is 0 Å². The van der Waals surface area contributed by atoms with Crippen LogP contribution < -0.4 is 0 Å². The van der Waals surface area contributed by atoms with Crippen molar-refractivity contribution >= 4 is 25.2 Å². The average molecular weight is 225 g/mol. The second kappa shape index (κ2) is 4.72. The lowest BCUT2D eigenvalue weighted by Crippen LogP contribution is -2.22. The number of hydrogen-bond donors (Lipinski definition) is 0. The van der Waals surface area contributed by atoms with Gasteiger partial charge < -0.3 is 0 Å². The SMILES string of the molecule is CCC(CC)C(P)(Br)CC. The molecule has 0 aromatic heterocycles. The van der Waals surface area contributed by atoms with Gasteiger partial charge in [0.15, 0.2) is 0 Å². The Morgan fingerprint density at radius 2 is 1.70 bits per heavy atom. The standard InChI is InChI=1S/C8H18BrP/c1-4-7(5-2)8(9,10)6-3/h7H,4-6,10H2,1-3H3. The molecule has 10 heavy (non-hydrogen) atoms. The van der Waals surface area contributed by atoms with Gasteiger partial charge in [0.05, 0.1) is 0 Å². The third-order valence-corrected chi connectivity index (χ3v) is 4.29. The molecular weight excluding hydrogens is 207 g/mol. The zero-order valence-electron chi connectivity index (χ0n) is 7.15. The fourth-order valence-corrected chi connectivity index (χ4v) is 2.37. The van der Waals surface area contributed by atoms with Crippen molar-refractivity contribution in [2.45, 2.75) is 44.1 Å². The van der Waals surface area contributed by atoms with E-state index in [0.29, 0.717) is 0 Å². The lowest BCUT2D eigenvalue weighted by molar-refractivity contribution is 0.443. The lowest BCUT2D eigenvalue weighted by Gasteiger charge is -2.29. The van der Waals surface area contributed by atoms with Crippen LogP contribution in [0, 0.1) is 5.92 Å². The maximum absolute atomic E-state index is 3.73. The van der Waals surface area contributed by atoms with Crippen molar-refractivity contribution in [1.29, 1.82) is 0 Å². The molecule has 0 aliphatic heterocycles. The van der Waals surface area contributed by atoms with Gasteiger partial charge in [-0.3, -0.25) is 0 Å². The zero-order chi connectivity index (χ0) is 8.20. The summed E-state index contributed by atoms with van der Waals surface area (Å²) >= 11 is 3.73. The molecule has 0 aliphatic carbocycles. The Hall–Kier alpha value is 0.910. The Balaban J connectivity index is 3.97. The van der Waals surface area contributed by atoms with Gasteiger partial charge in [-0.1, -0.05) is 49.5 Å². The van der Waals surface area contributed by atoms with Crippen LogP contribution in [0.5, 0.6) is 0 Å². The lowest BCUT2D eigenvalue weighted by atomic mass is 9.97. The number of halogens is 1. The van der Waals surface area contributed by atoms with Gasteiger partial charge in [0.2, 0.25) is 0 Å². The fourth-order valence-electron chi connectivity index (χ4n) is 1.26. The van der Waals surface area contributed by atoms with Crippen LogP contribution in [0.15, 0.2) is 0 Å². The van der Waals surface area contributed by atoms with Crippen LogP contribution in [0.25, 0.3) is 0 Å². The first-order chi connectivity index (χ1) is 4.58. The predicted molar refractivity (Wildman–Crippen MR) is 55.7 cm³/mol. The molecule has 2 atom stereocenters. The van der Waals surface area contributed by atoms with E-state index in [9.17, 15) is 0 Å². The molecule has 0 nitrogen and oxygen atoms in total. The van der Waals surface area contributed by atoms with Gasteiger partial charge in [0, 0.05) is 4.07 Å². The van der Waals surface area contributed by atoms with E-state index < -0.39 is 0 Å². The first kappa shape index (κ1) is 10.9. The van der Waals surface area contributed by atoms with E-state index >= 15 is 0 Å². The van der Waals surface area contributed by atoms with Gasteiger partial charge in [-0.25, -0.2) is 0 Å². The molecule has 0 rings (SSSR count). The minimum atomic E-state index is 0.288. The van der Waals surface area contributed by atoms with E-state index in [4.69, 9.17) is 0 Å². The molecule has 0 bridgehead atoms. The third-order valence-electron chi connectivity index (χ3n) is 2.21. The number of hydrogen-bond acceptors (Lipinski definition) is 0. The average Bonchev–Trinajstić information content (AvgIpc) is 1.90. The molecule has 2 unspecified atom stereocenters. The van der Waals surface area contributed by atoms with Crippen LogP contribution in [0.2, 0.25) is 0 Å². The Morgan fingerprint density at radius 1 is 1.30 bits per heavy atom. The van der Waals surface area contributed by atoms with E-state index in [1.54, 1.807) is 0 Å². The highest BCUT2D eigenvalue weighted by Gasteiger charge is 2.26. The monoisotopic (exact) mass is 224 g/mol. The molecule has 62 valence electrons. The summed E-state index contributed by atoms with van der Waals surface area (Å²) in [5, 5.41) is 0. The highest BCUT2D eigenvalue weighted by molar-refractivity contribution is 9.11. The number of alkyl halides is 1. The third kappa shape index (κ3) is 2.88. The van der Waals surface area contributed by atoms with Gasteiger partial charge in [0.1, 0.15) is 0 Å². The number of rotatable bonds is 4. The molecule has 0 amide bonds. The minimum absolute atomic E-state index is 0.288.